The van der Waals surface area contributed by atoms with Crippen LogP contribution in [0.15, 0.2) is 4.90 Å². The molecule has 1 unspecified atom stereocenters. The van der Waals surface area contributed by atoms with Gasteiger partial charge in [-0.1, -0.05) is 6.92 Å². The molecule has 0 saturated carbocycles. The Morgan fingerprint density at radius 1 is 1.55 bits per heavy atom. The van der Waals surface area contributed by atoms with Gasteiger partial charge in [0.25, 0.3) is 0 Å². The minimum absolute atomic E-state index is 0.109. The summed E-state index contributed by atoms with van der Waals surface area (Å²) in [5.74, 6) is 0.109. The van der Waals surface area contributed by atoms with Crippen molar-refractivity contribution in [2.24, 2.45) is 0 Å². The van der Waals surface area contributed by atoms with Crippen LogP contribution in [0, 0.1) is 0 Å². The maximum Gasteiger partial charge on any atom is 0.182 e. The second-order valence-electron chi connectivity index (χ2n) is 5.28. The first-order chi connectivity index (χ1) is 9.34. The number of nitrogens with zero attached hydrogens (tertiary/aromatic N) is 3. The normalized spacial score (nSPS) is 20.4. The smallest absolute Gasteiger partial charge is 0.182 e. The quantitative estimate of drug-likeness (QED) is 0.874. The van der Waals surface area contributed by atoms with Crippen LogP contribution in [-0.4, -0.2) is 56.7 Å². The molecule has 1 fully saturated rings. The summed E-state index contributed by atoms with van der Waals surface area (Å²) in [7, 11) is -1.44. The van der Waals surface area contributed by atoms with Crippen molar-refractivity contribution in [1.82, 2.24) is 9.27 Å². The lowest BCUT2D eigenvalue weighted by Gasteiger charge is -2.28. The first-order valence-electron chi connectivity index (χ1n) is 6.75. The van der Waals surface area contributed by atoms with Gasteiger partial charge in [-0.25, -0.2) is 8.42 Å². The number of nitrogen functional groups attached to an aromatic ring is 1. The molecule has 1 aromatic heterocycles. The summed E-state index contributed by atoms with van der Waals surface area (Å²) in [6.07, 6.45) is 3.54. The van der Waals surface area contributed by atoms with E-state index in [0.717, 1.165) is 37.6 Å². The molecular formula is C12H22N4O2S2. The van der Waals surface area contributed by atoms with E-state index in [1.807, 2.05) is 11.9 Å². The van der Waals surface area contributed by atoms with Crippen LogP contribution in [0.5, 0.6) is 0 Å². The topological polar surface area (TPSA) is 79.5 Å². The van der Waals surface area contributed by atoms with Crippen molar-refractivity contribution < 1.29 is 8.42 Å². The minimum Gasteiger partial charge on any atom is -0.382 e. The third-order valence-electron chi connectivity index (χ3n) is 3.76. The number of sulfone groups is 1. The molecule has 20 heavy (non-hydrogen) atoms. The van der Waals surface area contributed by atoms with Crippen molar-refractivity contribution in [3.63, 3.8) is 0 Å². The monoisotopic (exact) mass is 318 g/mol. The summed E-state index contributed by atoms with van der Waals surface area (Å²) in [6.45, 7) is 5.12. The number of hydrogen-bond donors (Lipinski definition) is 1. The van der Waals surface area contributed by atoms with Crippen LogP contribution >= 0.6 is 11.5 Å². The highest BCUT2D eigenvalue weighted by atomic mass is 32.2. The average Bonchev–Trinajstić information content (AvgIpc) is 2.94. The Hall–Kier alpha value is -0.860. The zero-order valence-corrected chi connectivity index (χ0v) is 13.8. The number of nitrogens with two attached hydrogens (primary N) is 1. The van der Waals surface area contributed by atoms with Crippen molar-refractivity contribution in [2.45, 2.75) is 30.7 Å². The van der Waals surface area contributed by atoms with E-state index >= 15 is 0 Å². The Morgan fingerprint density at radius 3 is 2.85 bits per heavy atom. The molecule has 114 valence electrons. The van der Waals surface area contributed by atoms with E-state index < -0.39 is 9.84 Å². The Labute approximate surface area is 124 Å². The molecule has 0 aromatic carbocycles. The molecule has 1 aromatic rings. The van der Waals surface area contributed by atoms with Crippen LogP contribution in [0.1, 0.15) is 19.8 Å². The third kappa shape index (κ3) is 3.07. The number of likely N-dealkylation sites (tertiary alicyclic amines) is 1. The minimum atomic E-state index is -3.35. The molecule has 0 aliphatic carbocycles. The molecule has 0 spiro atoms. The molecule has 8 heteroatoms. The molecule has 6 nitrogen and oxygen atoms in total. The lowest BCUT2D eigenvalue weighted by molar-refractivity contribution is 0.271. The van der Waals surface area contributed by atoms with Gasteiger partial charge in [-0.15, -0.1) is 0 Å². The lowest BCUT2D eigenvalue weighted by Crippen LogP contribution is -2.38. The molecule has 2 N–H and O–H groups in total. The van der Waals surface area contributed by atoms with E-state index in [2.05, 4.69) is 16.2 Å². The fourth-order valence-electron chi connectivity index (χ4n) is 2.79. The zero-order chi connectivity index (χ0) is 14.9. The highest BCUT2D eigenvalue weighted by molar-refractivity contribution is 7.91. The standard InChI is InChI=1S/C12H22N4O2S2/c1-4-16-7-5-6-9(16)8-15(2)12-10(20(3,17)18)11(13)14-19-12/h9H,4-8H2,1-3H3,(H2,13,14). The Bertz CT molecular complexity index is 570. The molecule has 0 amide bonds. The number of anilines is 2. The predicted octanol–water partition coefficient (Wildman–Crippen LogP) is 1.05. The number of likely N-dealkylation sites (N-methyl/N-ethyl adjacent to an activating group) is 2. The predicted molar refractivity (Wildman–Crippen MR) is 83.2 cm³/mol. The lowest BCUT2D eigenvalue weighted by atomic mass is 10.2. The van der Waals surface area contributed by atoms with Gasteiger partial charge in [0.2, 0.25) is 0 Å². The SMILES string of the molecule is CCN1CCCC1CN(C)c1snc(N)c1S(C)(=O)=O. The van der Waals surface area contributed by atoms with Crippen molar-refractivity contribution in [2.75, 3.05) is 43.6 Å². The molecule has 0 bridgehead atoms. The first kappa shape index (κ1) is 15.5. The van der Waals surface area contributed by atoms with Gasteiger partial charge in [0.15, 0.2) is 15.7 Å². The van der Waals surface area contributed by atoms with Crippen LogP contribution in [0.2, 0.25) is 0 Å². The summed E-state index contributed by atoms with van der Waals surface area (Å²) in [4.78, 5) is 4.58. The van der Waals surface area contributed by atoms with Gasteiger partial charge in [0, 0.05) is 25.9 Å². The van der Waals surface area contributed by atoms with Crippen LogP contribution < -0.4 is 10.6 Å². The number of aromatic nitrogens is 1. The molecule has 1 atom stereocenters. The number of rotatable bonds is 5. The van der Waals surface area contributed by atoms with E-state index in [9.17, 15) is 8.42 Å². The summed E-state index contributed by atoms with van der Waals surface area (Å²) >= 11 is 1.16. The van der Waals surface area contributed by atoms with Gasteiger partial charge in [0.05, 0.1) is 0 Å². The van der Waals surface area contributed by atoms with Gasteiger partial charge in [-0.3, -0.25) is 4.90 Å². The van der Waals surface area contributed by atoms with Crippen molar-refractivity contribution in [1.29, 1.82) is 0 Å². The largest absolute Gasteiger partial charge is 0.382 e. The molecule has 2 heterocycles. The van der Waals surface area contributed by atoms with E-state index in [1.54, 1.807) is 0 Å². The summed E-state index contributed by atoms with van der Waals surface area (Å²) in [5.41, 5.74) is 5.71. The molecular weight excluding hydrogens is 296 g/mol. The zero-order valence-electron chi connectivity index (χ0n) is 12.2. The van der Waals surface area contributed by atoms with Crippen molar-refractivity contribution >= 4 is 32.2 Å². The van der Waals surface area contributed by atoms with Gasteiger partial charge >= 0.3 is 0 Å². The van der Waals surface area contributed by atoms with Crippen molar-refractivity contribution in [3.8, 4) is 0 Å². The van der Waals surface area contributed by atoms with E-state index in [-0.39, 0.29) is 10.7 Å². The second kappa shape index (κ2) is 5.87. The summed E-state index contributed by atoms with van der Waals surface area (Å²) < 4.78 is 27.7. The van der Waals surface area contributed by atoms with Gasteiger partial charge in [-0.05, 0) is 37.5 Å². The van der Waals surface area contributed by atoms with Crippen LogP contribution in [-0.2, 0) is 9.84 Å². The second-order valence-corrected chi connectivity index (χ2v) is 7.98. The molecule has 1 saturated heterocycles. The maximum absolute atomic E-state index is 11.8. The van der Waals surface area contributed by atoms with Crippen LogP contribution in [0.3, 0.4) is 0 Å². The van der Waals surface area contributed by atoms with Gasteiger partial charge in [0.1, 0.15) is 9.90 Å². The Kier molecular flexibility index (Phi) is 4.55. The maximum atomic E-state index is 11.8. The number of hydrogen-bond acceptors (Lipinski definition) is 7. The van der Waals surface area contributed by atoms with E-state index in [4.69, 9.17) is 5.73 Å². The van der Waals surface area contributed by atoms with Crippen molar-refractivity contribution in [3.05, 3.63) is 0 Å². The van der Waals surface area contributed by atoms with E-state index in [0.29, 0.717) is 11.0 Å². The summed E-state index contributed by atoms with van der Waals surface area (Å²) in [6, 6.07) is 0.473. The van der Waals surface area contributed by atoms with Crippen LogP contribution in [0.4, 0.5) is 10.8 Å². The summed E-state index contributed by atoms with van der Waals surface area (Å²) in [5, 5.41) is 0.646. The average molecular weight is 318 g/mol. The molecule has 0 radical (unpaired) electrons. The fraction of sp³-hybridized carbons (Fsp3) is 0.750. The molecule has 1 aliphatic rings. The Balaban J connectivity index is 2.20. The highest BCUT2D eigenvalue weighted by Crippen LogP contribution is 2.34. The third-order valence-corrected chi connectivity index (χ3v) is 6.01. The fourth-order valence-corrected chi connectivity index (χ4v) is 4.99. The highest BCUT2D eigenvalue weighted by Gasteiger charge is 2.28. The van der Waals surface area contributed by atoms with Gasteiger partial charge in [-0.2, -0.15) is 4.37 Å². The van der Waals surface area contributed by atoms with Crippen LogP contribution in [0.25, 0.3) is 0 Å². The van der Waals surface area contributed by atoms with Gasteiger partial charge < -0.3 is 10.6 Å². The van der Waals surface area contributed by atoms with E-state index in [1.165, 1.54) is 12.7 Å². The molecule has 2 rings (SSSR count). The molecule has 1 aliphatic heterocycles. The first-order valence-corrected chi connectivity index (χ1v) is 9.41. The Morgan fingerprint density at radius 2 is 2.25 bits per heavy atom.